The topological polar surface area (TPSA) is 32.3 Å². The highest BCUT2D eigenvalue weighted by atomic mass is 32.2. The zero-order valence-electron chi connectivity index (χ0n) is 12.6. The molecule has 1 amide bonds. The van der Waals surface area contributed by atoms with Crippen molar-refractivity contribution >= 4 is 17.7 Å². The largest absolute Gasteiger partial charge is 0.340 e. The summed E-state index contributed by atoms with van der Waals surface area (Å²) in [6.07, 6.45) is 9.78. The van der Waals surface area contributed by atoms with E-state index < -0.39 is 0 Å². The molecule has 1 N–H and O–H groups in total. The van der Waals surface area contributed by atoms with Gasteiger partial charge in [-0.15, -0.1) is 0 Å². The summed E-state index contributed by atoms with van der Waals surface area (Å²) < 4.78 is 0.334. The van der Waals surface area contributed by atoms with E-state index >= 15 is 0 Å². The summed E-state index contributed by atoms with van der Waals surface area (Å²) in [5, 5.41) is 3.39. The number of carbonyl (C=O) groups excluding carboxylic acids is 1. The first-order chi connectivity index (χ1) is 9.06. The zero-order valence-corrected chi connectivity index (χ0v) is 13.4. The van der Waals surface area contributed by atoms with Gasteiger partial charge in [0.15, 0.2) is 0 Å². The minimum Gasteiger partial charge on any atom is -0.340 e. The number of hydrogen-bond donors (Lipinski definition) is 1. The van der Waals surface area contributed by atoms with E-state index in [1.807, 2.05) is 11.8 Å². The van der Waals surface area contributed by atoms with Gasteiger partial charge in [0, 0.05) is 23.9 Å². The summed E-state index contributed by atoms with van der Waals surface area (Å²) in [5.41, 5.74) is 0. The highest BCUT2D eigenvalue weighted by Crippen LogP contribution is 2.39. The third-order valence-electron chi connectivity index (χ3n) is 4.51. The van der Waals surface area contributed by atoms with Gasteiger partial charge in [-0.1, -0.05) is 33.1 Å². The summed E-state index contributed by atoms with van der Waals surface area (Å²) in [7, 11) is 0. The van der Waals surface area contributed by atoms with E-state index in [1.54, 1.807) is 0 Å². The SMILES string of the molecule is CSC1(CN2CCC(NC(C)C)C2=O)CCCCC1. The van der Waals surface area contributed by atoms with Gasteiger partial charge in [-0.25, -0.2) is 0 Å². The highest BCUT2D eigenvalue weighted by Gasteiger charge is 2.39. The molecule has 1 saturated heterocycles. The average Bonchev–Trinajstić information content (AvgIpc) is 2.72. The predicted octanol–water partition coefficient (Wildman–Crippen LogP) is 2.65. The summed E-state index contributed by atoms with van der Waals surface area (Å²) in [5.74, 6) is 0.327. The molecule has 1 saturated carbocycles. The van der Waals surface area contributed by atoms with E-state index in [-0.39, 0.29) is 6.04 Å². The lowest BCUT2D eigenvalue weighted by Gasteiger charge is -2.38. The fourth-order valence-corrected chi connectivity index (χ4v) is 4.41. The van der Waals surface area contributed by atoms with Crippen molar-refractivity contribution in [1.29, 1.82) is 0 Å². The number of nitrogens with one attached hydrogen (secondary N) is 1. The van der Waals surface area contributed by atoms with E-state index in [1.165, 1.54) is 32.1 Å². The Morgan fingerprint density at radius 2 is 2.05 bits per heavy atom. The summed E-state index contributed by atoms with van der Waals surface area (Å²) in [6.45, 7) is 6.12. The number of nitrogens with zero attached hydrogens (tertiary/aromatic N) is 1. The second-order valence-electron chi connectivity index (χ2n) is 6.37. The Hall–Kier alpha value is -0.220. The third kappa shape index (κ3) is 3.66. The number of amides is 1. The van der Waals surface area contributed by atoms with E-state index in [0.29, 0.717) is 16.7 Å². The molecule has 0 aromatic heterocycles. The molecule has 2 fully saturated rings. The fourth-order valence-electron chi connectivity index (χ4n) is 3.42. The number of thioether (sulfide) groups is 1. The van der Waals surface area contributed by atoms with Crippen LogP contribution in [0.25, 0.3) is 0 Å². The molecule has 1 atom stereocenters. The molecule has 2 aliphatic rings. The normalized spacial score (nSPS) is 27.3. The van der Waals surface area contributed by atoms with Crippen LogP contribution >= 0.6 is 11.8 Å². The highest BCUT2D eigenvalue weighted by molar-refractivity contribution is 8.00. The molecular weight excluding hydrogens is 256 g/mol. The van der Waals surface area contributed by atoms with Crippen molar-refractivity contribution < 1.29 is 4.79 Å². The maximum Gasteiger partial charge on any atom is 0.239 e. The molecule has 2 rings (SSSR count). The summed E-state index contributed by atoms with van der Waals surface area (Å²) in [4.78, 5) is 14.5. The first kappa shape index (κ1) is 15.2. The Labute approximate surface area is 121 Å². The van der Waals surface area contributed by atoms with E-state index in [0.717, 1.165) is 19.5 Å². The van der Waals surface area contributed by atoms with Crippen LogP contribution in [0.3, 0.4) is 0 Å². The van der Waals surface area contributed by atoms with E-state index in [9.17, 15) is 4.79 Å². The van der Waals surface area contributed by atoms with Crippen molar-refractivity contribution in [3.63, 3.8) is 0 Å². The Morgan fingerprint density at radius 3 is 2.63 bits per heavy atom. The van der Waals surface area contributed by atoms with Crippen molar-refractivity contribution in [2.24, 2.45) is 0 Å². The molecule has 3 nitrogen and oxygen atoms in total. The lowest BCUT2D eigenvalue weighted by Crippen LogP contribution is -2.46. The first-order valence-corrected chi connectivity index (χ1v) is 8.89. The van der Waals surface area contributed by atoms with Crippen LogP contribution in [-0.2, 0) is 4.79 Å². The fraction of sp³-hybridized carbons (Fsp3) is 0.933. The molecule has 19 heavy (non-hydrogen) atoms. The van der Waals surface area contributed by atoms with Crippen molar-refractivity contribution in [3.8, 4) is 0 Å². The lowest BCUT2D eigenvalue weighted by molar-refractivity contribution is -0.130. The summed E-state index contributed by atoms with van der Waals surface area (Å²) >= 11 is 1.98. The van der Waals surface area contributed by atoms with Crippen LogP contribution in [0.4, 0.5) is 0 Å². The third-order valence-corrected chi connectivity index (χ3v) is 5.91. The van der Waals surface area contributed by atoms with Gasteiger partial charge in [-0.05, 0) is 25.5 Å². The maximum absolute atomic E-state index is 12.4. The maximum atomic E-state index is 12.4. The molecule has 1 heterocycles. The molecule has 110 valence electrons. The first-order valence-electron chi connectivity index (χ1n) is 7.66. The predicted molar refractivity (Wildman–Crippen MR) is 82.6 cm³/mol. The van der Waals surface area contributed by atoms with Gasteiger partial charge in [0.2, 0.25) is 5.91 Å². The van der Waals surface area contributed by atoms with Crippen LogP contribution in [0.2, 0.25) is 0 Å². The quantitative estimate of drug-likeness (QED) is 0.842. The van der Waals surface area contributed by atoms with Crippen molar-refractivity contribution in [2.75, 3.05) is 19.3 Å². The second kappa shape index (κ2) is 6.49. The van der Waals surface area contributed by atoms with Gasteiger partial charge in [0.1, 0.15) is 0 Å². The molecule has 1 aliphatic heterocycles. The van der Waals surface area contributed by atoms with Crippen molar-refractivity contribution in [3.05, 3.63) is 0 Å². The van der Waals surface area contributed by atoms with Gasteiger partial charge in [0.25, 0.3) is 0 Å². The van der Waals surface area contributed by atoms with Crippen LogP contribution in [0.15, 0.2) is 0 Å². The number of likely N-dealkylation sites (tertiary alicyclic amines) is 1. The van der Waals surface area contributed by atoms with Gasteiger partial charge in [-0.3, -0.25) is 4.79 Å². The molecule has 0 aromatic rings. The second-order valence-corrected chi connectivity index (χ2v) is 7.64. The summed E-state index contributed by atoms with van der Waals surface area (Å²) in [6, 6.07) is 0.445. The van der Waals surface area contributed by atoms with Crippen molar-refractivity contribution in [2.45, 2.75) is 69.2 Å². The van der Waals surface area contributed by atoms with E-state index in [4.69, 9.17) is 0 Å². The minimum absolute atomic E-state index is 0.0579. The molecule has 0 radical (unpaired) electrons. The van der Waals surface area contributed by atoms with Gasteiger partial charge in [0.05, 0.1) is 6.04 Å². The van der Waals surface area contributed by atoms with Crippen LogP contribution in [0, 0.1) is 0 Å². The number of carbonyl (C=O) groups is 1. The Kier molecular flexibility index (Phi) is 5.18. The van der Waals surface area contributed by atoms with Crippen LogP contribution < -0.4 is 5.32 Å². The Bertz CT molecular complexity index is 313. The smallest absolute Gasteiger partial charge is 0.239 e. The number of hydrogen-bond acceptors (Lipinski definition) is 3. The van der Waals surface area contributed by atoms with Crippen LogP contribution in [0.1, 0.15) is 52.4 Å². The molecular formula is C15H28N2OS. The molecule has 0 aromatic carbocycles. The lowest BCUT2D eigenvalue weighted by atomic mass is 9.88. The van der Waals surface area contributed by atoms with Gasteiger partial charge in [-0.2, -0.15) is 11.8 Å². The zero-order chi connectivity index (χ0) is 13.9. The average molecular weight is 284 g/mol. The standard InChI is InChI=1S/C15H28N2OS/c1-12(2)16-13-7-10-17(14(13)18)11-15(19-3)8-5-4-6-9-15/h12-13,16H,4-11H2,1-3H3. The monoisotopic (exact) mass is 284 g/mol. The number of rotatable bonds is 5. The Balaban J connectivity index is 1.93. The molecule has 1 unspecified atom stereocenters. The van der Waals surface area contributed by atoms with Crippen LogP contribution in [-0.4, -0.2) is 47.0 Å². The minimum atomic E-state index is 0.0579. The van der Waals surface area contributed by atoms with Crippen molar-refractivity contribution in [1.82, 2.24) is 10.2 Å². The Morgan fingerprint density at radius 1 is 1.37 bits per heavy atom. The molecule has 4 heteroatoms. The van der Waals surface area contributed by atoms with E-state index in [2.05, 4.69) is 30.3 Å². The molecule has 0 bridgehead atoms. The molecule has 1 aliphatic carbocycles. The van der Waals surface area contributed by atoms with Gasteiger partial charge < -0.3 is 10.2 Å². The van der Waals surface area contributed by atoms with Gasteiger partial charge >= 0.3 is 0 Å². The van der Waals surface area contributed by atoms with Crippen LogP contribution in [0.5, 0.6) is 0 Å². The molecule has 0 spiro atoms.